The lowest BCUT2D eigenvalue weighted by Gasteiger charge is -2.10. The molecular formula is C28H27N3O3. The number of rotatable bonds is 8. The van der Waals surface area contributed by atoms with Crippen LogP contribution in [0.5, 0.6) is 11.6 Å². The summed E-state index contributed by atoms with van der Waals surface area (Å²) in [5.41, 5.74) is 4.12. The van der Waals surface area contributed by atoms with Gasteiger partial charge in [-0.3, -0.25) is 9.59 Å². The van der Waals surface area contributed by atoms with Crippen LogP contribution >= 0.6 is 0 Å². The number of aromatic nitrogens is 1. The molecule has 3 aromatic carbocycles. The Morgan fingerprint density at radius 2 is 1.68 bits per heavy atom. The average molecular weight is 454 g/mol. The van der Waals surface area contributed by atoms with Gasteiger partial charge in [0.25, 0.3) is 0 Å². The number of carbonyl (C=O) groups excluding carboxylic acids is 2. The number of hydrogen-bond acceptors (Lipinski definition) is 4. The van der Waals surface area contributed by atoms with Crippen LogP contribution in [0.3, 0.4) is 0 Å². The lowest BCUT2D eigenvalue weighted by molar-refractivity contribution is -0.125. The predicted octanol–water partition coefficient (Wildman–Crippen LogP) is 4.62. The molecule has 0 saturated carbocycles. The maximum atomic E-state index is 12.4. The van der Waals surface area contributed by atoms with Gasteiger partial charge < -0.3 is 15.4 Å². The highest BCUT2D eigenvalue weighted by Crippen LogP contribution is 2.23. The van der Waals surface area contributed by atoms with Gasteiger partial charge in [0, 0.05) is 18.8 Å². The van der Waals surface area contributed by atoms with Gasteiger partial charge in [0.05, 0.1) is 13.0 Å². The molecule has 4 rings (SSSR count). The summed E-state index contributed by atoms with van der Waals surface area (Å²) in [4.78, 5) is 28.9. The van der Waals surface area contributed by atoms with E-state index in [0.717, 1.165) is 27.5 Å². The van der Waals surface area contributed by atoms with Gasteiger partial charge in [-0.15, -0.1) is 0 Å². The monoisotopic (exact) mass is 453 g/mol. The first kappa shape index (κ1) is 23.0. The number of benzene rings is 3. The first-order valence-corrected chi connectivity index (χ1v) is 11.2. The molecule has 6 nitrogen and oxygen atoms in total. The van der Waals surface area contributed by atoms with Crippen LogP contribution in [0.4, 0.5) is 0 Å². The highest BCUT2D eigenvalue weighted by molar-refractivity contribution is 5.91. The summed E-state index contributed by atoms with van der Waals surface area (Å²) < 4.78 is 5.85. The Hall–Kier alpha value is -4.19. The van der Waals surface area contributed by atoms with Gasteiger partial charge in [0.15, 0.2) is 0 Å². The SMILES string of the molecule is Cc1ccc(Oc2cc(CNC(=O)CNC(=O)Cc3cccc4ccccc34)ccn2)cc1C. The van der Waals surface area contributed by atoms with Crippen molar-refractivity contribution < 1.29 is 14.3 Å². The molecule has 0 aliphatic carbocycles. The number of nitrogens with one attached hydrogen (secondary N) is 2. The normalized spacial score (nSPS) is 10.6. The highest BCUT2D eigenvalue weighted by atomic mass is 16.5. The zero-order valence-corrected chi connectivity index (χ0v) is 19.3. The van der Waals surface area contributed by atoms with Crippen LogP contribution in [0.2, 0.25) is 0 Å². The molecule has 0 aliphatic rings. The molecule has 172 valence electrons. The van der Waals surface area contributed by atoms with Crippen molar-refractivity contribution in [2.45, 2.75) is 26.8 Å². The second kappa shape index (κ2) is 10.6. The third kappa shape index (κ3) is 5.98. The number of nitrogens with zero attached hydrogens (tertiary/aromatic N) is 1. The first-order chi connectivity index (χ1) is 16.5. The number of carbonyl (C=O) groups is 2. The second-order valence-electron chi connectivity index (χ2n) is 8.22. The van der Waals surface area contributed by atoms with E-state index in [9.17, 15) is 9.59 Å². The van der Waals surface area contributed by atoms with Gasteiger partial charge in [-0.1, -0.05) is 48.5 Å². The molecular weight excluding hydrogens is 426 g/mol. The van der Waals surface area contributed by atoms with Gasteiger partial charge in [0.1, 0.15) is 5.75 Å². The van der Waals surface area contributed by atoms with Gasteiger partial charge in [-0.05, 0) is 65.1 Å². The Labute approximate surface area is 199 Å². The number of ether oxygens (including phenoxy) is 1. The summed E-state index contributed by atoms with van der Waals surface area (Å²) >= 11 is 0. The second-order valence-corrected chi connectivity index (χ2v) is 8.22. The minimum absolute atomic E-state index is 0.0827. The van der Waals surface area contributed by atoms with E-state index in [2.05, 4.69) is 15.6 Å². The molecule has 0 aliphatic heterocycles. The smallest absolute Gasteiger partial charge is 0.239 e. The summed E-state index contributed by atoms with van der Waals surface area (Å²) in [6, 6.07) is 23.3. The van der Waals surface area contributed by atoms with Crippen LogP contribution in [0, 0.1) is 13.8 Å². The molecule has 0 bridgehead atoms. The van der Waals surface area contributed by atoms with Crippen molar-refractivity contribution in [2.75, 3.05) is 6.54 Å². The molecule has 0 fully saturated rings. The number of fused-ring (bicyclic) bond motifs is 1. The number of pyridine rings is 1. The largest absolute Gasteiger partial charge is 0.439 e. The summed E-state index contributed by atoms with van der Waals surface area (Å²) in [7, 11) is 0. The van der Waals surface area contributed by atoms with E-state index in [4.69, 9.17) is 4.74 Å². The van der Waals surface area contributed by atoms with Crippen LogP contribution in [-0.4, -0.2) is 23.3 Å². The van der Waals surface area contributed by atoms with E-state index < -0.39 is 0 Å². The maximum Gasteiger partial charge on any atom is 0.239 e. The molecule has 2 amide bonds. The molecule has 0 spiro atoms. The molecule has 0 atom stereocenters. The Bertz CT molecular complexity index is 1330. The van der Waals surface area contributed by atoms with Crippen molar-refractivity contribution in [3.05, 3.63) is 101 Å². The van der Waals surface area contributed by atoms with Gasteiger partial charge in [-0.2, -0.15) is 0 Å². The van der Waals surface area contributed by atoms with E-state index in [0.29, 0.717) is 18.2 Å². The number of amides is 2. The van der Waals surface area contributed by atoms with Gasteiger partial charge in [-0.25, -0.2) is 4.98 Å². The van der Waals surface area contributed by atoms with Crippen molar-refractivity contribution in [2.24, 2.45) is 0 Å². The Kier molecular flexibility index (Phi) is 7.18. The quantitative estimate of drug-likeness (QED) is 0.408. The lowest BCUT2D eigenvalue weighted by atomic mass is 10.0. The van der Waals surface area contributed by atoms with E-state index in [1.54, 1.807) is 12.3 Å². The van der Waals surface area contributed by atoms with Crippen LogP contribution in [0.15, 0.2) is 79.0 Å². The molecule has 1 heterocycles. The Morgan fingerprint density at radius 3 is 2.53 bits per heavy atom. The zero-order valence-electron chi connectivity index (χ0n) is 19.3. The van der Waals surface area contributed by atoms with Crippen molar-refractivity contribution >= 4 is 22.6 Å². The molecule has 6 heteroatoms. The van der Waals surface area contributed by atoms with E-state index in [1.165, 1.54) is 5.56 Å². The fraction of sp³-hybridized carbons (Fsp3) is 0.179. The van der Waals surface area contributed by atoms with E-state index >= 15 is 0 Å². The lowest BCUT2D eigenvalue weighted by Crippen LogP contribution is -2.37. The Balaban J connectivity index is 1.26. The topological polar surface area (TPSA) is 80.3 Å². The fourth-order valence-electron chi connectivity index (χ4n) is 3.64. The standard InChI is InChI=1S/C28H27N3O3/c1-19-10-11-24(14-20(19)2)34-28-15-21(12-13-29-28)17-30-27(33)18-31-26(32)16-23-8-5-7-22-6-3-4-9-25(22)23/h3-15H,16-18H2,1-2H3,(H,30,33)(H,31,32). The predicted molar refractivity (Wildman–Crippen MR) is 133 cm³/mol. The van der Waals surface area contributed by atoms with Crippen molar-refractivity contribution in [1.82, 2.24) is 15.6 Å². The molecule has 0 radical (unpaired) electrons. The summed E-state index contributed by atoms with van der Waals surface area (Å²) in [5, 5.41) is 7.65. The molecule has 2 N–H and O–H groups in total. The third-order valence-corrected chi connectivity index (χ3v) is 5.67. The number of hydrogen-bond donors (Lipinski definition) is 2. The van der Waals surface area contributed by atoms with Crippen LogP contribution in [0.25, 0.3) is 10.8 Å². The molecule has 0 saturated heterocycles. The first-order valence-electron chi connectivity index (χ1n) is 11.2. The van der Waals surface area contributed by atoms with Crippen LogP contribution in [-0.2, 0) is 22.6 Å². The number of aryl methyl sites for hydroxylation is 2. The van der Waals surface area contributed by atoms with E-state index in [-0.39, 0.29) is 24.8 Å². The summed E-state index contributed by atoms with van der Waals surface area (Å²) in [6.45, 7) is 4.31. The minimum atomic E-state index is -0.264. The summed E-state index contributed by atoms with van der Waals surface area (Å²) in [5.74, 6) is 0.711. The molecule has 4 aromatic rings. The van der Waals surface area contributed by atoms with Crippen molar-refractivity contribution in [3.8, 4) is 11.6 Å². The van der Waals surface area contributed by atoms with Crippen molar-refractivity contribution in [1.29, 1.82) is 0 Å². The van der Waals surface area contributed by atoms with Crippen molar-refractivity contribution in [3.63, 3.8) is 0 Å². The average Bonchev–Trinajstić information content (AvgIpc) is 2.84. The molecule has 1 aromatic heterocycles. The summed E-state index contributed by atoms with van der Waals surface area (Å²) in [6.07, 6.45) is 1.86. The highest BCUT2D eigenvalue weighted by Gasteiger charge is 2.09. The zero-order chi connectivity index (χ0) is 23.9. The van der Waals surface area contributed by atoms with E-state index in [1.807, 2.05) is 80.6 Å². The minimum Gasteiger partial charge on any atom is -0.439 e. The molecule has 34 heavy (non-hydrogen) atoms. The van der Waals surface area contributed by atoms with Gasteiger partial charge >= 0.3 is 0 Å². The van der Waals surface area contributed by atoms with Crippen LogP contribution < -0.4 is 15.4 Å². The fourth-order valence-corrected chi connectivity index (χ4v) is 3.64. The Morgan fingerprint density at radius 1 is 0.853 bits per heavy atom. The molecule has 0 unspecified atom stereocenters. The van der Waals surface area contributed by atoms with Gasteiger partial charge in [0.2, 0.25) is 17.7 Å². The maximum absolute atomic E-state index is 12.4. The third-order valence-electron chi connectivity index (χ3n) is 5.67. The van der Waals surface area contributed by atoms with Crippen LogP contribution in [0.1, 0.15) is 22.3 Å².